The van der Waals surface area contributed by atoms with E-state index in [1.54, 1.807) is 0 Å². The quantitative estimate of drug-likeness (QED) is 0.415. The summed E-state index contributed by atoms with van der Waals surface area (Å²) in [6.07, 6.45) is 6.72. The number of carbonyl (C=O) groups is 1. The summed E-state index contributed by atoms with van der Waals surface area (Å²) in [6.45, 7) is 17.4. The molecule has 0 saturated heterocycles. The van der Waals surface area contributed by atoms with Gasteiger partial charge in [-0.15, -0.1) is 0 Å². The highest BCUT2D eigenvalue weighted by Gasteiger charge is 2.24. The molecule has 0 radical (unpaired) electrons. The summed E-state index contributed by atoms with van der Waals surface area (Å²) >= 11 is 0. The van der Waals surface area contributed by atoms with Crippen LogP contribution in [0.3, 0.4) is 0 Å². The highest BCUT2D eigenvalue weighted by molar-refractivity contribution is 5.75. The molecule has 1 N–H and O–H groups in total. The summed E-state index contributed by atoms with van der Waals surface area (Å²) in [7, 11) is 0. The Labute approximate surface area is 156 Å². The number of nitrogens with one attached hydrogen (secondary N) is 1. The highest BCUT2D eigenvalue weighted by atomic mass is 16.5. The predicted octanol–water partition coefficient (Wildman–Crippen LogP) is 5.10. The van der Waals surface area contributed by atoms with E-state index in [0.29, 0.717) is 18.4 Å². The van der Waals surface area contributed by atoms with E-state index < -0.39 is 0 Å². The van der Waals surface area contributed by atoms with Crippen LogP contribution in [0.5, 0.6) is 0 Å². The van der Waals surface area contributed by atoms with Gasteiger partial charge in [-0.05, 0) is 58.3 Å². The second-order valence-electron chi connectivity index (χ2n) is 8.40. The molecule has 0 fully saturated rings. The van der Waals surface area contributed by atoms with Crippen molar-refractivity contribution in [3.05, 3.63) is 0 Å². The molecule has 0 aromatic heterocycles. The lowest BCUT2D eigenvalue weighted by Crippen LogP contribution is -2.35. The average Bonchev–Trinajstić information content (AvgIpc) is 2.54. The number of unbranched alkanes of at least 4 members (excludes halogenated alkanes) is 1. The van der Waals surface area contributed by atoms with Crippen LogP contribution in [0.25, 0.3) is 0 Å². The number of amides is 1. The van der Waals surface area contributed by atoms with Gasteiger partial charge in [-0.3, -0.25) is 4.79 Å². The number of carbonyl (C=O) groups excluding carboxylic acids is 1. The Balaban J connectivity index is 3.91. The first-order valence-corrected chi connectivity index (χ1v) is 10.2. The van der Waals surface area contributed by atoms with Crippen LogP contribution in [0.4, 0.5) is 0 Å². The third-order valence-electron chi connectivity index (χ3n) is 5.16. The summed E-state index contributed by atoms with van der Waals surface area (Å²) < 4.78 is 11.7. The van der Waals surface area contributed by atoms with Crippen molar-refractivity contribution in [2.75, 3.05) is 19.8 Å². The van der Waals surface area contributed by atoms with Crippen LogP contribution in [-0.2, 0) is 14.3 Å². The summed E-state index contributed by atoms with van der Waals surface area (Å²) in [6, 6.07) is 0. The molecule has 1 unspecified atom stereocenters. The maximum atomic E-state index is 11.9. The molecule has 0 bridgehead atoms. The van der Waals surface area contributed by atoms with Crippen LogP contribution in [0, 0.1) is 5.41 Å². The van der Waals surface area contributed by atoms with Gasteiger partial charge in [-0.2, -0.15) is 0 Å². The molecule has 0 aliphatic heterocycles. The monoisotopic (exact) mass is 357 g/mol. The second kappa shape index (κ2) is 12.7. The van der Waals surface area contributed by atoms with E-state index in [1.807, 2.05) is 13.8 Å². The average molecular weight is 358 g/mol. The van der Waals surface area contributed by atoms with Crippen LogP contribution in [-0.4, -0.2) is 37.4 Å². The molecule has 0 aromatic rings. The van der Waals surface area contributed by atoms with Crippen LogP contribution in [0.2, 0.25) is 0 Å². The van der Waals surface area contributed by atoms with Crippen molar-refractivity contribution in [3.63, 3.8) is 0 Å². The van der Waals surface area contributed by atoms with Gasteiger partial charge >= 0.3 is 0 Å². The molecule has 25 heavy (non-hydrogen) atoms. The largest absolute Gasteiger partial charge is 0.379 e. The fourth-order valence-corrected chi connectivity index (χ4v) is 2.36. The topological polar surface area (TPSA) is 47.6 Å². The van der Waals surface area contributed by atoms with E-state index in [-0.39, 0.29) is 17.6 Å². The molecular weight excluding hydrogens is 314 g/mol. The van der Waals surface area contributed by atoms with E-state index in [1.165, 1.54) is 0 Å². The van der Waals surface area contributed by atoms with E-state index in [2.05, 4.69) is 39.9 Å². The van der Waals surface area contributed by atoms with Crippen molar-refractivity contribution in [1.82, 2.24) is 5.32 Å². The molecule has 0 rings (SSSR count). The van der Waals surface area contributed by atoms with Crippen molar-refractivity contribution in [3.8, 4) is 0 Å². The minimum atomic E-state index is -0.151. The van der Waals surface area contributed by atoms with E-state index in [9.17, 15) is 4.79 Å². The number of ether oxygens (including phenoxy) is 2. The molecule has 0 saturated carbocycles. The first-order chi connectivity index (χ1) is 11.6. The van der Waals surface area contributed by atoms with Crippen molar-refractivity contribution < 1.29 is 14.3 Å². The fraction of sp³-hybridized carbons (Fsp3) is 0.952. The third kappa shape index (κ3) is 13.3. The molecule has 0 heterocycles. The smallest absolute Gasteiger partial charge is 0.219 e. The molecule has 1 amide bonds. The maximum Gasteiger partial charge on any atom is 0.219 e. The molecule has 0 aliphatic rings. The van der Waals surface area contributed by atoms with Crippen molar-refractivity contribution in [2.45, 2.75) is 105 Å². The Morgan fingerprint density at radius 1 is 1.00 bits per heavy atom. The Bertz CT molecular complexity index is 355. The van der Waals surface area contributed by atoms with Gasteiger partial charge in [-0.1, -0.05) is 34.1 Å². The number of rotatable bonds is 15. The van der Waals surface area contributed by atoms with Gasteiger partial charge in [-0.25, -0.2) is 0 Å². The maximum absolute atomic E-state index is 11.9. The molecule has 150 valence electrons. The van der Waals surface area contributed by atoms with Crippen LogP contribution in [0.1, 0.15) is 93.4 Å². The minimum absolute atomic E-state index is 0.134. The lowest BCUT2D eigenvalue weighted by molar-refractivity contribution is -0.121. The Hall–Kier alpha value is -0.610. The first-order valence-electron chi connectivity index (χ1n) is 10.2. The fourth-order valence-electron chi connectivity index (χ4n) is 2.36. The lowest BCUT2D eigenvalue weighted by atomic mass is 9.87. The number of hydrogen-bond donors (Lipinski definition) is 1. The second-order valence-corrected chi connectivity index (χ2v) is 8.40. The Morgan fingerprint density at radius 2 is 1.68 bits per heavy atom. The van der Waals surface area contributed by atoms with Crippen LogP contribution >= 0.6 is 0 Å². The van der Waals surface area contributed by atoms with E-state index >= 15 is 0 Å². The van der Waals surface area contributed by atoms with Crippen molar-refractivity contribution >= 4 is 5.91 Å². The van der Waals surface area contributed by atoms with Gasteiger partial charge in [0.1, 0.15) is 0 Å². The lowest BCUT2D eigenvalue weighted by Gasteiger charge is -2.31. The zero-order valence-corrected chi connectivity index (χ0v) is 17.9. The normalized spacial score (nSPS) is 14.6. The summed E-state index contributed by atoms with van der Waals surface area (Å²) in [5, 5.41) is 3.03. The van der Waals surface area contributed by atoms with Gasteiger partial charge in [0.2, 0.25) is 5.91 Å². The van der Waals surface area contributed by atoms with Gasteiger partial charge in [0.05, 0.1) is 11.7 Å². The van der Waals surface area contributed by atoms with Gasteiger partial charge in [0, 0.05) is 26.2 Å². The van der Waals surface area contributed by atoms with Crippen LogP contribution in [0.15, 0.2) is 0 Å². The van der Waals surface area contributed by atoms with Crippen LogP contribution < -0.4 is 5.32 Å². The molecule has 0 spiro atoms. The molecule has 0 aromatic carbocycles. The number of hydrogen-bond acceptors (Lipinski definition) is 3. The molecule has 4 nitrogen and oxygen atoms in total. The molecule has 4 heteroatoms. The minimum Gasteiger partial charge on any atom is -0.379 e. The van der Waals surface area contributed by atoms with Crippen molar-refractivity contribution in [2.24, 2.45) is 5.41 Å². The zero-order valence-electron chi connectivity index (χ0n) is 17.9. The first kappa shape index (κ1) is 24.4. The molecule has 1 atom stereocenters. The Kier molecular flexibility index (Phi) is 12.4. The predicted molar refractivity (Wildman–Crippen MR) is 106 cm³/mol. The SMILES string of the molecule is CCC(C)(C)CCOC(C)(CC)CCNC(=O)CCCCOC(C)C. The summed E-state index contributed by atoms with van der Waals surface area (Å²) in [4.78, 5) is 11.9. The summed E-state index contributed by atoms with van der Waals surface area (Å²) in [5.74, 6) is 0.134. The Morgan fingerprint density at radius 3 is 2.24 bits per heavy atom. The molecule has 0 aliphatic carbocycles. The zero-order chi connectivity index (χ0) is 19.3. The highest BCUT2D eigenvalue weighted by Crippen LogP contribution is 2.27. The summed E-state index contributed by atoms with van der Waals surface area (Å²) in [5.41, 5.74) is 0.185. The van der Waals surface area contributed by atoms with Gasteiger partial charge < -0.3 is 14.8 Å². The van der Waals surface area contributed by atoms with E-state index in [4.69, 9.17) is 9.47 Å². The van der Waals surface area contributed by atoms with E-state index in [0.717, 1.165) is 51.7 Å². The van der Waals surface area contributed by atoms with Gasteiger partial charge in [0.25, 0.3) is 0 Å². The molecular formula is C21H43NO3. The standard InChI is InChI=1S/C21H43NO3/c1-8-20(5,6)14-17-25-21(7,9-2)13-15-22-19(23)12-10-11-16-24-18(3)4/h18H,8-17H2,1-7H3,(H,22,23). The third-order valence-corrected chi connectivity index (χ3v) is 5.16. The van der Waals surface area contributed by atoms with Crippen molar-refractivity contribution in [1.29, 1.82) is 0 Å². The van der Waals surface area contributed by atoms with Gasteiger partial charge in [0.15, 0.2) is 0 Å².